The second-order valence-corrected chi connectivity index (χ2v) is 5.79. The summed E-state index contributed by atoms with van der Waals surface area (Å²) in [6.45, 7) is -1.55. The highest BCUT2D eigenvalue weighted by atomic mass is 19.3. The van der Waals surface area contributed by atoms with Gasteiger partial charge in [0.1, 0.15) is 5.75 Å². The maximum Gasteiger partial charge on any atom is 0.387 e. The highest BCUT2D eigenvalue weighted by molar-refractivity contribution is 6.01. The zero-order valence-electron chi connectivity index (χ0n) is 15.6. The van der Waals surface area contributed by atoms with Gasteiger partial charge in [-0.1, -0.05) is 12.1 Å². The summed E-state index contributed by atoms with van der Waals surface area (Å²) in [5.74, 6) is -1.78. The number of Topliss-reactive ketones (excluding diaryl/α,β-unsaturated/α-hetero) is 1. The van der Waals surface area contributed by atoms with Crippen LogP contribution in [0.4, 0.5) is 8.78 Å². The van der Waals surface area contributed by atoms with Crippen molar-refractivity contribution in [1.29, 1.82) is 0 Å². The summed E-state index contributed by atoms with van der Waals surface area (Å²) < 4.78 is 38.2. The van der Waals surface area contributed by atoms with Gasteiger partial charge in [0.25, 0.3) is 0 Å². The first-order valence-corrected chi connectivity index (χ1v) is 8.46. The zero-order chi connectivity index (χ0) is 21.4. The van der Waals surface area contributed by atoms with Crippen LogP contribution in [-0.2, 0) is 14.3 Å². The number of ether oxygens (including phenoxy) is 3. The first-order valence-electron chi connectivity index (χ1n) is 8.46. The number of rotatable bonds is 8. The SMILES string of the molecule is COC(=O)c1ccc(/C=C/C(=O)O[C@H](C)C(=O)c2ccc(OC(F)F)cc2)cc1. The van der Waals surface area contributed by atoms with Gasteiger partial charge < -0.3 is 14.2 Å². The number of hydrogen-bond acceptors (Lipinski definition) is 6. The van der Waals surface area contributed by atoms with Crippen LogP contribution in [-0.4, -0.2) is 37.5 Å². The van der Waals surface area contributed by atoms with Crippen LogP contribution < -0.4 is 4.74 Å². The lowest BCUT2D eigenvalue weighted by Gasteiger charge is -2.11. The van der Waals surface area contributed by atoms with Crippen molar-refractivity contribution in [1.82, 2.24) is 0 Å². The third-order valence-corrected chi connectivity index (χ3v) is 3.77. The van der Waals surface area contributed by atoms with Crippen LogP contribution in [0.15, 0.2) is 54.6 Å². The summed E-state index contributed by atoms with van der Waals surface area (Å²) in [6.07, 6.45) is 1.55. The number of carbonyl (C=O) groups is 3. The number of benzene rings is 2. The zero-order valence-corrected chi connectivity index (χ0v) is 15.6. The molecular formula is C21H18F2O6. The molecule has 0 unspecified atom stereocenters. The van der Waals surface area contributed by atoms with E-state index in [1.54, 1.807) is 24.3 Å². The van der Waals surface area contributed by atoms with E-state index in [2.05, 4.69) is 9.47 Å². The Morgan fingerprint density at radius 2 is 1.52 bits per heavy atom. The normalized spacial score (nSPS) is 11.9. The molecule has 0 aliphatic heterocycles. The van der Waals surface area contributed by atoms with E-state index in [0.717, 1.165) is 6.08 Å². The molecule has 0 aliphatic carbocycles. The lowest BCUT2D eigenvalue weighted by Crippen LogP contribution is -2.23. The number of hydrogen-bond donors (Lipinski definition) is 0. The van der Waals surface area contributed by atoms with Crippen LogP contribution in [0.1, 0.15) is 33.2 Å². The molecule has 6 nitrogen and oxygen atoms in total. The van der Waals surface area contributed by atoms with Crippen molar-refractivity contribution in [2.24, 2.45) is 0 Å². The Labute approximate surface area is 165 Å². The third kappa shape index (κ3) is 6.53. The molecule has 29 heavy (non-hydrogen) atoms. The quantitative estimate of drug-likeness (QED) is 0.377. The fourth-order valence-corrected chi connectivity index (χ4v) is 2.31. The van der Waals surface area contributed by atoms with Crippen molar-refractivity contribution in [3.05, 3.63) is 71.3 Å². The maximum absolute atomic E-state index is 12.3. The summed E-state index contributed by atoms with van der Waals surface area (Å²) in [7, 11) is 1.28. The number of carbonyl (C=O) groups excluding carboxylic acids is 3. The largest absolute Gasteiger partial charge is 0.465 e. The molecule has 8 heteroatoms. The number of methoxy groups -OCH3 is 1. The van der Waals surface area contributed by atoms with Crippen LogP contribution in [0.2, 0.25) is 0 Å². The first kappa shape index (κ1) is 21.7. The van der Waals surface area contributed by atoms with Gasteiger partial charge in [0.15, 0.2) is 6.10 Å². The molecule has 0 saturated carbocycles. The van der Waals surface area contributed by atoms with Gasteiger partial charge in [-0.05, 0) is 55.0 Å². The van der Waals surface area contributed by atoms with Crippen LogP contribution >= 0.6 is 0 Å². The molecule has 0 bridgehead atoms. The Bertz CT molecular complexity index is 888. The van der Waals surface area contributed by atoms with Gasteiger partial charge in [-0.25, -0.2) is 9.59 Å². The van der Waals surface area contributed by atoms with E-state index >= 15 is 0 Å². The molecule has 0 fully saturated rings. The minimum atomic E-state index is -2.96. The Morgan fingerprint density at radius 3 is 2.07 bits per heavy atom. The topological polar surface area (TPSA) is 78.9 Å². The van der Waals surface area contributed by atoms with E-state index in [1.807, 2.05) is 0 Å². The second-order valence-electron chi connectivity index (χ2n) is 5.79. The van der Waals surface area contributed by atoms with Crippen molar-refractivity contribution in [2.75, 3.05) is 7.11 Å². The summed E-state index contributed by atoms with van der Waals surface area (Å²) in [6, 6.07) is 11.4. The van der Waals surface area contributed by atoms with E-state index < -0.39 is 30.4 Å². The van der Waals surface area contributed by atoms with Gasteiger partial charge in [0, 0.05) is 11.6 Å². The van der Waals surface area contributed by atoms with Gasteiger partial charge in [0.2, 0.25) is 5.78 Å². The highest BCUT2D eigenvalue weighted by Crippen LogP contribution is 2.16. The van der Waals surface area contributed by atoms with Gasteiger partial charge in [-0.15, -0.1) is 0 Å². The Kier molecular flexibility index (Phi) is 7.59. The van der Waals surface area contributed by atoms with Gasteiger partial charge in [-0.3, -0.25) is 4.79 Å². The third-order valence-electron chi connectivity index (χ3n) is 3.77. The molecule has 2 aromatic rings. The van der Waals surface area contributed by atoms with Crippen LogP contribution in [0.5, 0.6) is 5.75 Å². The lowest BCUT2D eigenvalue weighted by atomic mass is 10.1. The molecule has 0 saturated heterocycles. The fourth-order valence-electron chi connectivity index (χ4n) is 2.31. The molecule has 152 valence electrons. The Balaban J connectivity index is 1.93. The Hall–Kier alpha value is -3.55. The standard InChI is InChI=1S/C21H18F2O6/c1-13(19(25)15-8-10-17(11-9-15)29-21(22)23)28-18(24)12-5-14-3-6-16(7-4-14)20(26)27-2/h3-13,21H,1-2H3/b12-5+/t13-/m1/s1. The molecule has 0 heterocycles. The van der Waals surface area contributed by atoms with Crippen molar-refractivity contribution >= 4 is 23.8 Å². The van der Waals surface area contributed by atoms with Crippen LogP contribution in [0, 0.1) is 0 Å². The lowest BCUT2D eigenvalue weighted by molar-refractivity contribution is -0.140. The minimum absolute atomic E-state index is 0.0812. The summed E-state index contributed by atoms with van der Waals surface area (Å²) in [4.78, 5) is 35.6. The first-order chi connectivity index (χ1) is 13.8. The predicted molar refractivity (Wildman–Crippen MR) is 99.8 cm³/mol. The smallest absolute Gasteiger partial charge is 0.387 e. The van der Waals surface area contributed by atoms with Crippen molar-refractivity contribution in [3.63, 3.8) is 0 Å². The van der Waals surface area contributed by atoms with Gasteiger partial charge in [0.05, 0.1) is 12.7 Å². The van der Waals surface area contributed by atoms with E-state index in [9.17, 15) is 23.2 Å². The number of ketones is 1. The molecule has 0 spiro atoms. The van der Waals surface area contributed by atoms with Gasteiger partial charge in [-0.2, -0.15) is 8.78 Å². The predicted octanol–water partition coefficient (Wildman–Crippen LogP) is 3.90. The van der Waals surface area contributed by atoms with Crippen LogP contribution in [0.25, 0.3) is 6.08 Å². The van der Waals surface area contributed by atoms with E-state index in [4.69, 9.17) is 4.74 Å². The monoisotopic (exact) mass is 404 g/mol. The number of halogens is 2. The van der Waals surface area contributed by atoms with E-state index in [0.29, 0.717) is 11.1 Å². The molecule has 1 atom stereocenters. The number of esters is 2. The van der Waals surface area contributed by atoms with E-state index in [1.165, 1.54) is 44.4 Å². The van der Waals surface area contributed by atoms with Crippen LogP contribution in [0.3, 0.4) is 0 Å². The average Bonchev–Trinajstić information content (AvgIpc) is 2.71. The van der Waals surface area contributed by atoms with E-state index in [-0.39, 0.29) is 11.3 Å². The maximum atomic E-state index is 12.3. The molecule has 2 aromatic carbocycles. The fraction of sp³-hybridized carbons (Fsp3) is 0.190. The van der Waals surface area contributed by atoms with Gasteiger partial charge >= 0.3 is 18.6 Å². The second kappa shape index (κ2) is 10.1. The molecule has 0 aromatic heterocycles. The molecule has 0 aliphatic rings. The summed E-state index contributed by atoms with van der Waals surface area (Å²) in [5.41, 5.74) is 1.20. The molecule has 0 amide bonds. The average molecular weight is 404 g/mol. The molecule has 0 radical (unpaired) electrons. The van der Waals surface area contributed by atoms with Crippen molar-refractivity contribution < 1.29 is 37.4 Å². The number of alkyl halides is 2. The summed E-state index contributed by atoms with van der Waals surface area (Å²) in [5, 5.41) is 0. The Morgan fingerprint density at radius 1 is 0.931 bits per heavy atom. The summed E-state index contributed by atoms with van der Waals surface area (Å²) >= 11 is 0. The highest BCUT2D eigenvalue weighted by Gasteiger charge is 2.19. The van der Waals surface area contributed by atoms with Crippen molar-refractivity contribution in [2.45, 2.75) is 19.6 Å². The molecule has 0 N–H and O–H groups in total. The molecular weight excluding hydrogens is 386 g/mol. The molecule has 2 rings (SSSR count). The minimum Gasteiger partial charge on any atom is -0.465 e. The van der Waals surface area contributed by atoms with Crippen molar-refractivity contribution in [3.8, 4) is 5.75 Å².